The lowest BCUT2D eigenvalue weighted by Gasteiger charge is -2.12. The van der Waals surface area contributed by atoms with Crippen molar-refractivity contribution in [2.45, 2.75) is 0 Å². The molecule has 1 heterocycles. The lowest BCUT2D eigenvalue weighted by molar-refractivity contribution is -0.384. The lowest BCUT2D eigenvalue weighted by atomic mass is 10.1. The summed E-state index contributed by atoms with van der Waals surface area (Å²) >= 11 is 1.29. The molecule has 154 valence electrons. The smallest absolute Gasteiger partial charge is 0.269 e. The van der Waals surface area contributed by atoms with Crippen LogP contribution in [-0.4, -0.2) is 17.9 Å². The molecular weight excluding hydrogens is 416 g/mol. The molecule has 31 heavy (non-hydrogen) atoms. The third-order valence-electron chi connectivity index (χ3n) is 4.74. The Morgan fingerprint density at radius 2 is 1.68 bits per heavy atom. The van der Waals surface area contributed by atoms with E-state index in [0.29, 0.717) is 27.3 Å². The van der Waals surface area contributed by atoms with Crippen LogP contribution in [0.5, 0.6) is 5.75 Å². The predicted octanol–water partition coefficient (Wildman–Crippen LogP) is 5.10. The number of rotatable bonds is 5. The second-order valence-electron chi connectivity index (χ2n) is 6.62. The zero-order valence-corrected chi connectivity index (χ0v) is 17.1. The summed E-state index contributed by atoms with van der Waals surface area (Å²) < 4.78 is 5.93. The van der Waals surface area contributed by atoms with Crippen molar-refractivity contribution in [3.63, 3.8) is 0 Å². The summed E-state index contributed by atoms with van der Waals surface area (Å²) in [6.07, 6.45) is 0. The first kappa shape index (κ1) is 20.2. The highest BCUT2D eigenvalue weighted by atomic mass is 32.1. The normalized spacial score (nSPS) is 10.6. The van der Waals surface area contributed by atoms with Gasteiger partial charge in [-0.2, -0.15) is 0 Å². The Labute approximate surface area is 180 Å². The number of non-ortho nitro benzene ring substituents is 1. The summed E-state index contributed by atoms with van der Waals surface area (Å²) in [4.78, 5) is 36.4. The Balaban J connectivity index is 1.80. The monoisotopic (exact) mass is 432 g/mol. The van der Waals surface area contributed by atoms with Gasteiger partial charge in [0.05, 0.1) is 17.6 Å². The molecule has 0 fully saturated rings. The second kappa shape index (κ2) is 8.37. The molecule has 0 aliphatic heterocycles. The number of fused-ring (bicyclic) bond motifs is 1. The summed E-state index contributed by atoms with van der Waals surface area (Å²) in [5.74, 6) is 0.188. The Morgan fingerprint density at radius 3 is 2.32 bits per heavy atom. The van der Waals surface area contributed by atoms with Crippen molar-refractivity contribution in [3.8, 4) is 16.9 Å². The zero-order chi connectivity index (χ0) is 22.0. The summed E-state index contributed by atoms with van der Waals surface area (Å²) in [6, 6.07) is 19.5. The van der Waals surface area contributed by atoms with Crippen molar-refractivity contribution in [2.24, 2.45) is 0 Å². The van der Waals surface area contributed by atoms with Gasteiger partial charge in [-0.05, 0) is 42.0 Å². The number of nitrogens with one attached hydrogen (secondary N) is 1. The molecule has 0 spiro atoms. The number of carbonyl (C=O) groups is 1. The van der Waals surface area contributed by atoms with Crippen LogP contribution in [0.25, 0.3) is 21.2 Å². The Kier molecular flexibility index (Phi) is 5.46. The minimum Gasteiger partial charge on any atom is -0.497 e. The van der Waals surface area contributed by atoms with Crippen molar-refractivity contribution in [1.82, 2.24) is 0 Å². The summed E-state index contributed by atoms with van der Waals surface area (Å²) in [5, 5.41) is 14.6. The Bertz CT molecular complexity index is 1350. The third kappa shape index (κ3) is 4.01. The van der Waals surface area contributed by atoms with Gasteiger partial charge in [-0.25, -0.2) is 0 Å². The first-order valence-electron chi connectivity index (χ1n) is 9.24. The Hall–Kier alpha value is -4.04. The van der Waals surface area contributed by atoms with Gasteiger partial charge in [0.15, 0.2) is 5.43 Å². The van der Waals surface area contributed by atoms with Gasteiger partial charge in [0.25, 0.3) is 11.6 Å². The van der Waals surface area contributed by atoms with E-state index in [-0.39, 0.29) is 16.7 Å². The van der Waals surface area contributed by atoms with E-state index in [1.54, 1.807) is 43.5 Å². The van der Waals surface area contributed by atoms with E-state index in [9.17, 15) is 19.7 Å². The Morgan fingerprint density at radius 1 is 1.00 bits per heavy atom. The average molecular weight is 432 g/mol. The van der Waals surface area contributed by atoms with Crippen LogP contribution in [0.2, 0.25) is 0 Å². The number of amides is 1. The first-order chi connectivity index (χ1) is 15.0. The van der Waals surface area contributed by atoms with E-state index in [2.05, 4.69) is 5.32 Å². The maximum Gasteiger partial charge on any atom is 0.269 e. The lowest BCUT2D eigenvalue weighted by Crippen LogP contribution is -2.15. The van der Waals surface area contributed by atoms with E-state index < -0.39 is 10.8 Å². The van der Waals surface area contributed by atoms with E-state index in [1.807, 2.05) is 12.1 Å². The largest absolute Gasteiger partial charge is 0.497 e. The molecule has 4 rings (SSSR count). The summed E-state index contributed by atoms with van der Waals surface area (Å²) in [6.45, 7) is 0. The molecule has 0 atom stereocenters. The molecule has 0 aliphatic rings. The number of carbonyl (C=O) groups excluding carboxylic acids is 1. The van der Waals surface area contributed by atoms with Gasteiger partial charge < -0.3 is 10.1 Å². The number of hydrogen-bond donors (Lipinski definition) is 1. The number of hydrogen-bond acceptors (Lipinski definition) is 6. The number of methoxy groups -OCH3 is 1. The van der Waals surface area contributed by atoms with E-state index in [0.717, 1.165) is 4.70 Å². The van der Waals surface area contributed by atoms with Crippen LogP contribution in [0.4, 0.5) is 10.7 Å². The molecule has 0 unspecified atom stereocenters. The summed E-state index contributed by atoms with van der Waals surface area (Å²) in [5.41, 5.74) is 0.969. The molecule has 7 nitrogen and oxygen atoms in total. The van der Waals surface area contributed by atoms with Crippen LogP contribution in [0.1, 0.15) is 10.4 Å². The number of nitro groups is 1. The van der Waals surface area contributed by atoms with Crippen molar-refractivity contribution in [2.75, 3.05) is 12.4 Å². The van der Waals surface area contributed by atoms with E-state index in [4.69, 9.17) is 4.74 Å². The maximum absolute atomic E-state index is 13.3. The highest BCUT2D eigenvalue weighted by Gasteiger charge is 2.18. The van der Waals surface area contributed by atoms with Crippen LogP contribution >= 0.6 is 11.3 Å². The van der Waals surface area contributed by atoms with Gasteiger partial charge in [0.1, 0.15) is 10.8 Å². The van der Waals surface area contributed by atoms with Crippen LogP contribution in [0.3, 0.4) is 0 Å². The van der Waals surface area contributed by atoms with Gasteiger partial charge in [-0.1, -0.05) is 24.3 Å². The molecule has 0 bridgehead atoms. The molecule has 3 aromatic carbocycles. The molecule has 0 saturated heterocycles. The predicted molar refractivity (Wildman–Crippen MR) is 121 cm³/mol. The molecule has 0 aliphatic carbocycles. The molecule has 0 saturated carbocycles. The van der Waals surface area contributed by atoms with Crippen LogP contribution < -0.4 is 15.5 Å². The number of anilines is 1. The SMILES string of the molecule is COc1ccc(-c2c(NC(=O)c3ccc([N+](=O)[O-])cc3)sc3ccccc3c2=O)cc1. The number of nitro benzene ring substituents is 1. The highest BCUT2D eigenvalue weighted by Crippen LogP contribution is 2.34. The number of nitrogens with zero attached hydrogens (tertiary/aromatic N) is 1. The quantitative estimate of drug-likeness (QED) is 0.350. The molecule has 8 heteroatoms. The topological polar surface area (TPSA) is 98.5 Å². The van der Waals surface area contributed by atoms with Gasteiger partial charge in [-0.15, -0.1) is 11.3 Å². The number of benzene rings is 3. The van der Waals surface area contributed by atoms with Crippen molar-refractivity contribution >= 4 is 38.0 Å². The van der Waals surface area contributed by atoms with Gasteiger partial charge in [-0.3, -0.25) is 19.7 Å². The van der Waals surface area contributed by atoms with Gasteiger partial charge in [0, 0.05) is 27.8 Å². The van der Waals surface area contributed by atoms with Crippen LogP contribution in [-0.2, 0) is 0 Å². The fraction of sp³-hybridized carbons (Fsp3) is 0.0435. The average Bonchev–Trinajstić information content (AvgIpc) is 2.79. The van der Waals surface area contributed by atoms with E-state index >= 15 is 0 Å². The third-order valence-corrected chi connectivity index (χ3v) is 5.83. The minimum atomic E-state index is -0.529. The van der Waals surface area contributed by atoms with Crippen molar-refractivity contribution in [1.29, 1.82) is 0 Å². The van der Waals surface area contributed by atoms with E-state index in [1.165, 1.54) is 35.6 Å². The molecule has 1 N–H and O–H groups in total. The highest BCUT2D eigenvalue weighted by molar-refractivity contribution is 7.22. The molecule has 1 aromatic heterocycles. The maximum atomic E-state index is 13.3. The molecule has 1 amide bonds. The van der Waals surface area contributed by atoms with Crippen molar-refractivity contribution < 1.29 is 14.5 Å². The van der Waals surface area contributed by atoms with Gasteiger partial charge in [0.2, 0.25) is 0 Å². The molecule has 0 radical (unpaired) electrons. The standard InChI is InChI=1S/C23H16N2O5S/c1-30-17-12-8-14(9-13-17)20-21(26)18-4-2-3-5-19(18)31-23(20)24-22(27)15-6-10-16(11-7-15)25(28)29/h2-13H,1H3,(H,24,27). The van der Waals surface area contributed by atoms with Gasteiger partial charge >= 0.3 is 0 Å². The van der Waals surface area contributed by atoms with Crippen LogP contribution in [0, 0.1) is 10.1 Å². The molecule has 4 aromatic rings. The van der Waals surface area contributed by atoms with Crippen molar-refractivity contribution in [3.05, 3.63) is 98.7 Å². The zero-order valence-electron chi connectivity index (χ0n) is 16.3. The number of ether oxygens (including phenoxy) is 1. The minimum absolute atomic E-state index is 0.106. The molecular formula is C23H16N2O5S. The fourth-order valence-corrected chi connectivity index (χ4v) is 4.25. The summed E-state index contributed by atoms with van der Waals surface area (Å²) in [7, 11) is 1.56. The fourth-order valence-electron chi connectivity index (χ4n) is 3.16. The second-order valence-corrected chi connectivity index (χ2v) is 7.67. The van der Waals surface area contributed by atoms with Crippen LogP contribution in [0.15, 0.2) is 77.6 Å². The first-order valence-corrected chi connectivity index (χ1v) is 10.1.